The molecular formula is C21H24N4O3S2. The van der Waals surface area contributed by atoms with Crippen LogP contribution in [0.5, 0.6) is 5.75 Å². The van der Waals surface area contributed by atoms with Gasteiger partial charge in [-0.2, -0.15) is 0 Å². The number of thiazole rings is 1. The normalized spacial score (nSPS) is 14.8. The van der Waals surface area contributed by atoms with Crippen LogP contribution in [-0.2, 0) is 4.79 Å². The van der Waals surface area contributed by atoms with Crippen molar-refractivity contribution in [2.45, 2.75) is 13.8 Å². The van der Waals surface area contributed by atoms with Gasteiger partial charge in [0, 0.05) is 31.1 Å². The number of hydrogen-bond donors (Lipinski definition) is 1. The number of carbonyl (C=O) groups excluding carboxylic acids is 2. The molecule has 4 rings (SSSR count). The minimum atomic E-state index is -0.0901. The lowest BCUT2D eigenvalue weighted by Crippen LogP contribution is -2.50. The van der Waals surface area contributed by atoms with Crippen LogP contribution >= 0.6 is 22.7 Å². The number of aryl methyl sites for hydroxylation is 1. The van der Waals surface area contributed by atoms with Gasteiger partial charge < -0.3 is 15.0 Å². The lowest BCUT2D eigenvalue weighted by Gasteiger charge is -2.34. The topological polar surface area (TPSA) is 74.8 Å². The second-order valence-electron chi connectivity index (χ2n) is 7.11. The fourth-order valence-electron chi connectivity index (χ4n) is 3.39. The second kappa shape index (κ2) is 9.11. The molecule has 0 bridgehead atoms. The molecule has 0 unspecified atom stereocenters. The molecule has 7 nitrogen and oxygen atoms in total. The Labute approximate surface area is 183 Å². The lowest BCUT2D eigenvalue weighted by atomic mass is 10.3. The molecule has 0 spiro atoms. The monoisotopic (exact) mass is 444 g/mol. The number of amides is 2. The van der Waals surface area contributed by atoms with Crippen molar-refractivity contribution in [3.63, 3.8) is 0 Å². The highest BCUT2D eigenvalue weighted by Gasteiger charge is 2.24. The van der Waals surface area contributed by atoms with Gasteiger partial charge in [0.1, 0.15) is 5.75 Å². The smallest absolute Gasteiger partial charge is 0.264 e. The van der Waals surface area contributed by atoms with Crippen molar-refractivity contribution in [2.75, 3.05) is 44.6 Å². The summed E-state index contributed by atoms with van der Waals surface area (Å²) in [5.74, 6) is 0.794. The third-order valence-electron chi connectivity index (χ3n) is 4.90. The molecule has 9 heteroatoms. The number of aromatic nitrogens is 1. The number of ether oxygens (including phenoxy) is 1. The predicted octanol–water partition coefficient (Wildman–Crippen LogP) is 3.46. The van der Waals surface area contributed by atoms with Crippen LogP contribution in [0.15, 0.2) is 30.3 Å². The number of rotatable bonds is 6. The molecule has 2 aromatic heterocycles. The maximum atomic E-state index is 12.6. The third-order valence-corrected chi connectivity index (χ3v) is 6.82. The van der Waals surface area contributed by atoms with E-state index in [-0.39, 0.29) is 11.8 Å². The molecule has 0 radical (unpaired) electrons. The van der Waals surface area contributed by atoms with Gasteiger partial charge in [0.2, 0.25) is 5.91 Å². The number of benzene rings is 1. The summed E-state index contributed by atoms with van der Waals surface area (Å²) in [7, 11) is 0. The molecule has 3 aromatic rings. The van der Waals surface area contributed by atoms with Gasteiger partial charge in [-0.1, -0.05) is 11.3 Å². The first-order chi connectivity index (χ1) is 14.5. The molecule has 2 amide bonds. The summed E-state index contributed by atoms with van der Waals surface area (Å²) in [5, 5.41) is 3.49. The zero-order valence-electron chi connectivity index (χ0n) is 17.0. The highest BCUT2D eigenvalue weighted by atomic mass is 32.1. The molecule has 158 valence electrons. The maximum absolute atomic E-state index is 12.6. The van der Waals surface area contributed by atoms with Crippen LogP contribution in [0.25, 0.3) is 10.2 Å². The van der Waals surface area contributed by atoms with E-state index in [0.29, 0.717) is 44.5 Å². The van der Waals surface area contributed by atoms with Crippen molar-refractivity contribution in [2.24, 2.45) is 0 Å². The summed E-state index contributed by atoms with van der Waals surface area (Å²) in [4.78, 5) is 35.4. The van der Waals surface area contributed by atoms with Crippen LogP contribution in [0.4, 0.5) is 5.13 Å². The van der Waals surface area contributed by atoms with E-state index in [9.17, 15) is 9.59 Å². The fourth-order valence-corrected chi connectivity index (χ4v) is 5.14. The molecule has 30 heavy (non-hydrogen) atoms. The van der Waals surface area contributed by atoms with Gasteiger partial charge in [0.25, 0.3) is 5.91 Å². The summed E-state index contributed by atoms with van der Waals surface area (Å²) >= 11 is 2.96. The van der Waals surface area contributed by atoms with E-state index in [1.54, 1.807) is 0 Å². The third kappa shape index (κ3) is 4.80. The minimum absolute atomic E-state index is 0.0816. The van der Waals surface area contributed by atoms with Crippen LogP contribution < -0.4 is 10.1 Å². The van der Waals surface area contributed by atoms with Crippen LogP contribution in [0.3, 0.4) is 0 Å². The fraction of sp³-hybridized carbons (Fsp3) is 0.381. The molecular weight excluding hydrogens is 420 g/mol. The number of hydrogen-bond acceptors (Lipinski definition) is 7. The van der Waals surface area contributed by atoms with Crippen LogP contribution in [-0.4, -0.2) is 65.9 Å². The van der Waals surface area contributed by atoms with E-state index in [4.69, 9.17) is 4.74 Å². The van der Waals surface area contributed by atoms with E-state index in [2.05, 4.69) is 15.2 Å². The molecule has 0 atom stereocenters. The summed E-state index contributed by atoms with van der Waals surface area (Å²) in [6.45, 7) is 7.47. The first-order valence-electron chi connectivity index (χ1n) is 9.93. The Balaban J connectivity index is 1.29. The highest BCUT2D eigenvalue weighted by molar-refractivity contribution is 7.22. The average molecular weight is 445 g/mol. The Morgan fingerprint density at radius 3 is 2.63 bits per heavy atom. The standard InChI is InChI=1S/C21H24N4O3S2/c1-3-28-15-5-6-16-18(12-15)30-21(22-16)23-19(26)13-24-8-10-25(11-9-24)20(27)17-7-4-14(2)29-17/h4-7,12H,3,8-11,13H2,1-2H3,(H,22,23,26). The van der Waals surface area contributed by atoms with Gasteiger partial charge in [0.15, 0.2) is 5.13 Å². The number of piperazine rings is 1. The summed E-state index contributed by atoms with van der Waals surface area (Å²) in [6.07, 6.45) is 0. The Kier molecular flexibility index (Phi) is 6.31. The first-order valence-corrected chi connectivity index (χ1v) is 11.6. The Morgan fingerprint density at radius 2 is 1.93 bits per heavy atom. The number of fused-ring (bicyclic) bond motifs is 1. The summed E-state index contributed by atoms with van der Waals surface area (Å²) in [6, 6.07) is 9.58. The molecule has 3 heterocycles. The first kappa shape index (κ1) is 20.8. The van der Waals surface area contributed by atoms with Crippen LogP contribution in [0.2, 0.25) is 0 Å². The number of nitrogens with zero attached hydrogens (tertiary/aromatic N) is 3. The number of nitrogens with one attached hydrogen (secondary N) is 1. The molecule has 1 aliphatic rings. The molecule has 1 fully saturated rings. The largest absolute Gasteiger partial charge is 0.494 e. The number of thiophene rings is 1. The summed E-state index contributed by atoms with van der Waals surface area (Å²) < 4.78 is 6.50. The SMILES string of the molecule is CCOc1ccc2nc(NC(=O)CN3CCN(C(=O)c4ccc(C)s4)CC3)sc2c1. The van der Waals surface area contributed by atoms with Crippen molar-refractivity contribution in [1.29, 1.82) is 0 Å². The van der Waals surface area contributed by atoms with E-state index in [1.807, 2.05) is 49.1 Å². The molecule has 1 saturated heterocycles. The zero-order valence-corrected chi connectivity index (χ0v) is 18.6. The Hall–Kier alpha value is -2.49. The van der Waals surface area contributed by atoms with E-state index >= 15 is 0 Å². The lowest BCUT2D eigenvalue weighted by molar-refractivity contribution is -0.117. The molecule has 0 saturated carbocycles. The summed E-state index contributed by atoms with van der Waals surface area (Å²) in [5.41, 5.74) is 0.842. The van der Waals surface area contributed by atoms with Gasteiger partial charge in [-0.3, -0.25) is 14.5 Å². The Morgan fingerprint density at radius 1 is 1.13 bits per heavy atom. The van der Waals surface area contributed by atoms with Gasteiger partial charge in [-0.15, -0.1) is 11.3 Å². The van der Waals surface area contributed by atoms with E-state index in [0.717, 1.165) is 25.7 Å². The highest BCUT2D eigenvalue weighted by Crippen LogP contribution is 2.29. The van der Waals surface area contributed by atoms with E-state index in [1.165, 1.54) is 22.7 Å². The van der Waals surface area contributed by atoms with Gasteiger partial charge in [0.05, 0.1) is 28.2 Å². The predicted molar refractivity (Wildman–Crippen MR) is 121 cm³/mol. The molecule has 1 aromatic carbocycles. The van der Waals surface area contributed by atoms with Crippen molar-refractivity contribution >= 4 is 49.8 Å². The number of anilines is 1. The zero-order chi connectivity index (χ0) is 21.1. The van der Waals surface area contributed by atoms with Crippen molar-refractivity contribution < 1.29 is 14.3 Å². The second-order valence-corrected chi connectivity index (χ2v) is 9.43. The van der Waals surface area contributed by atoms with Crippen LogP contribution in [0.1, 0.15) is 21.5 Å². The minimum Gasteiger partial charge on any atom is -0.494 e. The quantitative estimate of drug-likeness (QED) is 0.630. The molecule has 1 N–H and O–H groups in total. The average Bonchev–Trinajstić information content (AvgIpc) is 3.33. The van der Waals surface area contributed by atoms with Crippen LogP contribution in [0, 0.1) is 6.92 Å². The van der Waals surface area contributed by atoms with Gasteiger partial charge >= 0.3 is 0 Å². The Bertz CT molecular complexity index is 1050. The number of carbonyl (C=O) groups is 2. The van der Waals surface area contributed by atoms with E-state index < -0.39 is 0 Å². The maximum Gasteiger partial charge on any atom is 0.264 e. The molecule has 0 aliphatic carbocycles. The van der Waals surface area contributed by atoms with Gasteiger partial charge in [-0.25, -0.2) is 4.98 Å². The van der Waals surface area contributed by atoms with Crippen molar-refractivity contribution in [3.05, 3.63) is 40.1 Å². The van der Waals surface area contributed by atoms with Gasteiger partial charge in [-0.05, 0) is 44.2 Å². The molecule has 1 aliphatic heterocycles. The van der Waals surface area contributed by atoms with Crippen molar-refractivity contribution in [1.82, 2.24) is 14.8 Å². The van der Waals surface area contributed by atoms with Crippen molar-refractivity contribution in [3.8, 4) is 5.75 Å².